The summed E-state index contributed by atoms with van der Waals surface area (Å²) in [6.07, 6.45) is 0.382. The summed E-state index contributed by atoms with van der Waals surface area (Å²) in [6.45, 7) is 6.22. The number of anilines is 1. The molecule has 1 aromatic carbocycles. The number of nitrogens with zero attached hydrogens (tertiary/aromatic N) is 1. The van der Waals surface area contributed by atoms with Gasteiger partial charge in [0.05, 0.1) is 11.6 Å². The predicted octanol–water partition coefficient (Wildman–Crippen LogP) is 0.189. The molecule has 0 saturated carbocycles. The van der Waals surface area contributed by atoms with E-state index >= 15 is 0 Å². The Balaban J connectivity index is 1.87. The molecule has 2 atom stereocenters. The first-order valence-corrected chi connectivity index (χ1v) is 6.86. The molecule has 0 aromatic heterocycles. The molecule has 20 heavy (non-hydrogen) atoms. The summed E-state index contributed by atoms with van der Waals surface area (Å²) in [5, 5.41) is 11.6. The highest BCUT2D eigenvalue weighted by Crippen LogP contribution is 2.08. The Bertz CT molecular complexity index is 497. The average molecular weight is 274 g/mol. The van der Waals surface area contributed by atoms with Crippen molar-refractivity contribution in [2.75, 3.05) is 25.0 Å². The lowest BCUT2D eigenvalue weighted by atomic mass is 10.2. The quantitative estimate of drug-likeness (QED) is 0.827. The van der Waals surface area contributed by atoms with Gasteiger partial charge in [-0.1, -0.05) is 0 Å². The van der Waals surface area contributed by atoms with Crippen molar-refractivity contribution in [2.45, 2.75) is 26.1 Å². The van der Waals surface area contributed by atoms with Gasteiger partial charge in [0.1, 0.15) is 25.3 Å². The van der Waals surface area contributed by atoms with E-state index in [1.54, 1.807) is 24.3 Å². The van der Waals surface area contributed by atoms with E-state index in [1.165, 1.54) is 4.90 Å². The van der Waals surface area contributed by atoms with Gasteiger partial charge in [-0.05, 0) is 38.1 Å². The molecule has 1 aliphatic rings. The van der Waals surface area contributed by atoms with Gasteiger partial charge in [-0.15, -0.1) is 0 Å². The summed E-state index contributed by atoms with van der Waals surface area (Å²) in [5.41, 5.74) is 1.31. The van der Waals surface area contributed by atoms with Crippen LogP contribution in [0.2, 0.25) is 0 Å². The van der Waals surface area contributed by atoms with Gasteiger partial charge in [0, 0.05) is 5.69 Å². The number of amides is 1. The van der Waals surface area contributed by atoms with Gasteiger partial charge in [0.25, 0.3) is 5.91 Å². The normalized spacial score (nSPS) is 25.8. The van der Waals surface area contributed by atoms with Crippen molar-refractivity contribution >= 4 is 11.6 Å². The highest BCUT2D eigenvalue weighted by Gasteiger charge is 2.27. The fraction of sp³-hybridized carbons (Fsp3) is 0.467. The minimum absolute atomic E-state index is 0.00833. The Morgan fingerprint density at radius 2 is 1.95 bits per heavy atom. The average Bonchev–Trinajstić information content (AvgIpc) is 2.38. The molecule has 1 heterocycles. The summed E-state index contributed by atoms with van der Waals surface area (Å²) >= 11 is 0. The number of carbonyl (C=O) groups is 1. The van der Waals surface area contributed by atoms with Crippen molar-refractivity contribution in [3.05, 3.63) is 29.8 Å². The molecule has 0 aliphatic carbocycles. The molecule has 1 aromatic rings. The molecule has 1 saturated heterocycles. The van der Waals surface area contributed by atoms with E-state index in [9.17, 15) is 4.79 Å². The maximum Gasteiger partial charge on any atom is 0.279 e. The lowest BCUT2D eigenvalue weighted by Crippen LogP contribution is -3.16. The third-order valence-electron chi connectivity index (χ3n) is 3.33. The second kappa shape index (κ2) is 6.51. The fourth-order valence-electron chi connectivity index (χ4n) is 2.59. The van der Waals surface area contributed by atoms with Gasteiger partial charge in [-0.25, -0.2) is 0 Å². The largest absolute Gasteiger partial charge is 0.364 e. The van der Waals surface area contributed by atoms with Gasteiger partial charge < -0.3 is 15.0 Å². The van der Waals surface area contributed by atoms with Crippen LogP contribution in [0, 0.1) is 11.3 Å². The molecular formula is C15H20N3O2+. The van der Waals surface area contributed by atoms with Crippen LogP contribution >= 0.6 is 0 Å². The van der Waals surface area contributed by atoms with Crippen LogP contribution in [0.5, 0.6) is 0 Å². The highest BCUT2D eigenvalue weighted by atomic mass is 16.5. The van der Waals surface area contributed by atoms with E-state index in [4.69, 9.17) is 10.00 Å². The van der Waals surface area contributed by atoms with Crippen molar-refractivity contribution in [1.29, 1.82) is 5.26 Å². The minimum atomic E-state index is -0.00833. The highest BCUT2D eigenvalue weighted by molar-refractivity contribution is 5.91. The van der Waals surface area contributed by atoms with Crippen LogP contribution < -0.4 is 10.2 Å². The SMILES string of the molecule is C[C@H]1C[NH+](CC(=O)Nc2ccc(C#N)cc2)C[C@H](C)O1. The standard InChI is InChI=1S/C15H19N3O2/c1-11-8-18(9-12(2)20-11)10-15(19)17-14-5-3-13(7-16)4-6-14/h3-6,11-12H,8-10H2,1-2H3,(H,17,19)/p+1/t11-,12-/m0/s1. The van der Waals surface area contributed by atoms with Gasteiger partial charge in [0.15, 0.2) is 6.54 Å². The predicted molar refractivity (Wildman–Crippen MR) is 75.4 cm³/mol. The molecule has 1 amide bonds. The Morgan fingerprint density at radius 1 is 1.35 bits per heavy atom. The summed E-state index contributed by atoms with van der Waals surface area (Å²) in [4.78, 5) is 13.2. The second-order valence-corrected chi connectivity index (χ2v) is 5.33. The van der Waals surface area contributed by atoms with Gasteiger partial charge >= 0.3 is 0 Å². The number of nitriles is 1. The van der Waals surface area contributed by atoms with Gasteiger partial charge in [-0.3, -0.25) is 4.79 Å². The maximum absolute atomic E-state index is 12.0. The first-order valence-electron chi connectivity index (χ1n) is 6.86. The number of benzene rings is 1. The van der Waals surface area contributed by atoms with Crippen LogP contribution in [0.1, 0.15) is 19.4 Å². The van der Waals surface area contributed by atoms with E-state index in [0.717, 1.165) is 18.8 Å². The third kappa shape index (κ3) is 4.05. The van der Waals surface area contributed by atoms with Gasteiger partial charge in [0.2, 0.25) is 0 Å². The first-order chi connectivity index (χ1) is 9.56. The van der Waals surface area contributed by atoms with E-state index in [0.29, 0.717) is 12.1 Å². The molecule has 5 nitrogen and oxygen atoms in total. The van der Waals surface area contributed by atoms with Crippen LogP contribution in [0.15, 0.2) is 24.3 Å². The van der Waals surface area contributed by atoms with Crippen LogP contribution in [0.3, 0.4) is 0 Å². The molecule has 0 radical (unpaired) electrons. The van der Waals surface area contributed by atoms with E-state index in [2.05, 4.69) is 11.4 Å². The summed E-state index contributed by atoms with van der Waals surface area (Å²) in [5.74, 6) is -0.00833. The minimum Gasteiger partial charge on any atom is -0.364 e. The van der Waals surface area contributed by atoms with E-state index in [1.807, 2.05) is 13.8 Å². The Morgan fingerprint density at radius 3 is 2.50 bits per heavy atom. The summed E-state index contributed by atoms with van der Waals surface area (Å²) in [7, 11) is 0. The lowest BCUT2D eigenvalue weighted by Gasteiger charge is -2.31. The zero-order valence-corrected chi connectivity index (χ0v) is 11.8. The number of morpholine rings is 1. The monoisotopic (exact) mass is 274 g/mol. The topological polar surface area (TPSA) is 66.6 Å². The number of ether oxygens (including phenoxy) is 1. The van der Waals surface area contributed by atoms with E-state index < -0.39 is 0 Å². The molecular weight excluding hydrogens is 254 g/mol. The van der Waals surface area contributed by atoms with Crippen LogP contribution in [-0.4, -0.2) is 37.7 Å². The van der Waals surface area contributed by atoms with Crippen molar-refractivity contribution in [1.82, 2.24) is 0 Å². The fourth-order valence-corrected chi connectivity index (χ4v) is 2.59. The molecule has 2 N–H and O–H groups in total. The van der Waals surface area contributed by atoms with Crippen molar-refractivity contribution in [3.8, 4) is 6.07 Å². The second-order valence-electron chi connectivity index (χ2n) is 5.33. The lowest BCUT2D eigenvalue weighted by molar-refractivity contribution is -0.907. The summed E-state index contributed by atoms with van der Waals surface area (Å²) < 4.78 is 5.66. The van der Waals surface area contributed by atoms with Crippen molar-refractivity contribution in [3.63, 3.8) is 0 Å². The van der Waals surface area contributed by atoms with Crippen LogP contribution in [0.25, 0.3) is 0 Å². The number of carbonyl (C=O) groups excluding carboxylic acids is 1. The first kappa shape index (κ1) is 14.5. The Hall–Kier alpha value is -1.90. The van der Waals surface area contributed by atoms with Gasteiger partial charge in [-0.2, -0.15) is 5.26 Å². The molecule has 1 fully saturated rings. The molecule has 0 bridgehead atoms. The van der Waals surface area contributed by atoms with E-state index in [-0.39, 0.29) is 18.1 Å². The van der Waals surface area contributed by atoms with Crippen molar-refractivity contribution < 1.29 is 14.4 Å². The number of hydrogen-bond donors (Lipinski definition) is 2. The molecule has 0 unspecified atom stereocenters. The van der Waals surface area contributed by atoms with Crippen molar-refractivity contribution in [2.24, 2.45) is 0 Å². The molecule has 0 spiro atoms. The number of hydrogen-bond acceptors (Lipinski definition) is 3. The summed E-state index contributed by atoms with van der Waals surface area (Å²) in [6, 6.07) is 8.94. The molecule has 5 heteroatoms. The number of quaternary nitrogens is 1. The maximum atomic E-state index is 12.0. The molecule has 106 valence electrons. The smallest absolute Gasteiger partial charge is 0.279 e. The Kier molecular flexibility index (Phi) is 4.72. The van der Waals surface area contributed by atoms with Crippen LogP contribution in [0.4, 0.5) is 5.69 Å². The number of rotatable bonds is 3. The van der Waals surface area contributed by atoms with Crippen LogP contribution in [-0.2, 0) is 9.53 Å². The zero-order valence-electron chi connectivity index (χ0n) is 11.8. The Labute approximate surface area is 119 Å². The molecule has 2 rings (SSSR count). The molecule has 1 aliphatic heterocycles. The third-order valence-corrected chi connectivity index (χ3v) is 3.33. The number of nitrogens with one attached hydrogen (secondary N) is 2. The zero-order chi connectivity index (χ0) is 14.5.